The predicted molar refractivity (Wildman–Crippen MR) is 84.2 cm³/mol. The van der Waals surface area contributed by atoms with Crippen molar-refractivity contribution >= 4 is 5.91 Å². The second-order valence-corrected chi connectivity index (χ2v) is 6.41. The van der Waals surface area contributed by atoms with Crippen LogP contribution in [0.25, 0.3) is 0 Å². The Morgan fingerprint density at radius 3 is 2.76 bits per heavy atom. The van der Waals surface area contributed by atoms with E-state index in [0.29, 0.717) is 31.5 Å². The number of nitrogens with one attached hydrogen (secondary N) is 2. The number of aliphatic hydroxyl groups excluding tert-OH is 1. The second kappa shape index (κ2) is 11.0. The van der Waals surface area contributed by atoms with Gasteiger partial charge in [0, 0.05) is 25.6 Å². The zero-order valence-electron chi connectivity index (χ0n) is 13.6. The molecule has 1 fully saturated rings. The zero-order valence-corrected chi connectivity index (χ0v) is 13.6. The normalized spacial score (nSPS) is 16.2. The van der Waals surface area contributed by atoms with E-state index in [2.05, 4.69) is 24.5 Å². The van der Waals surface area contributed by atoms with Gasteiger partial charge in [-0.05, 0) is 44.6 Å². The van der Waals surface area contributed by atoms with Crippen LogP contribution in [0.4, 0.5) is 0 Å². The van der Waals surface area contributed by atoms with Gasteiger partial charge < -0.3 is 20.5 Å². The van der Waals surface area contributed by atoms with Crippen LogP contribution in [-0.2, 0) is 9.53 Å². The largest absolute Gasteiger partial charge is 0.389 e. The van der Waals surface area contributed by atoms with Crippen LogP contribution < -0.4 is 10.6 Å². The first-order chi connectivity index (χ1) is 10.1. The Morgan fingerprint density at radius 1 is 1.33 bits per heavy atom. The first-order valence-corrected chi connectivity index (χ1v) is 8.33. The molecule has 0 aromatic rings. The molecule has 0 aromatic heterocycles. The molecule has 124 valence electrons. The quantitative estimate of drug-likeness (QED) is 0.450. The number of carbonyl (C=O) groups is 1. The van der Waals surface area contributed by atoms with Gasteiger partial charge in [-0.1, -0.05) is 13.8 Å². The minimum Gasteiger partial charge on any atom is -0.389 e. The summed E-state index contributed by atoms with van der Waals surface area (Å²) in [5, 5.41) is 15.9. The van der Waals surface area contributed by atoms with Crippen molar-refractivity contribution in [3.05, 3.63) is 0 Å². The average Bonchev–Trinajstić information content (AvgIpc) is 3.21. The molecule has 1 atom stereocenters. The van der Waals surface area contributed by atoms with Crippen LogP contribution >= 0.6 is 0 Å². The first-order valence-electron chi connectivity index (χ1n) is 8.33. The maximum atomic E-state index is 11.4. The van der Waals surface area contributed by atoms with E-state index in [1.54, 1.807) is 0 Å². The highest BCUT2D eigenvalue weighted by Crippen LogP contribution is 2.18. The van der Waals surface area contributed by atoms with Crippen molar-refractivity contribution in [3.63, 3.8) is 0 Å². The van der Waals surface area contributed by atoms with E-state index in [0.717, 1.165) is 45.3 Å². The average molecular weight is 300 g/mol. The summed E-state index contributed by atoms with van der Waals surface area (Å²) in [6, 6.07) is 0.445. The topological polar surface area (TPSA) is 70.6 Å². The van der Waals surface area contributed by atoms with Gasteiger partial charge in [0.1, 0.15) is 0 Å². The van der Waals surface area contributed by atoms with Crippen molar-refractivity contribution in [2.24, 2.45) is 5.92 Å². The molecule has 0 bridgehead atoms. The number of ether oxygens (including phenoxy) is 1. The Labute approximate surface area is 128 Å². The summed E-state index contributed by atoms with van der Waals surface area (Å²) < 4.78 is 5.44. The van der Waals surface area contributed by atoms with Gasteiger partial charge in [-0.25, -0.2) is 0 Å². The van der Waals surface area contributed by atoms with Gasteiger partial charge in [0.05, 0.1) is 12.7 Å². The molecule has 0 saturated heterocycles. The summed E-state index contributed by atoms with van der Waals surface area (Å²) in [5.74, 6) is 0.852. The van der Waals surface area contributed by atoms with Gasteiger partial charge in [-0.15, -0.1) is 0 Å². The summed E-state index contributed by atoms with van der Waals surface area (Å²) in [6.07, 6.45) is 5.38. The Kier molecular flexibility index (Phi) is 9.63. The van der Waals surface area contributed by atoms with E-state index in [-0.39, 0.29) is 5.91 Å². The van der Waals surface area contributed by atoms with Crippen molar-refractivity contribution in [2.45, 2.75) is 64.5 Å². The van der Waals surface area contributed by atoms with Crippen LogP contribution in [0, 0.1) is 5.92 Å². The predicted octanol–water partition coefficient (Wildman–Crippen LogP) is 1.45. The summed E-state index contributed by atoms with van der Waals surface area (Å²) in [6.45, 7) is 6.77. The fraction of sp³-hybridized carbons (Fsp3) is 0.938. The zero-order chi connectivity index (χ0) is 15.5. The van der Waals surface area contributed by atoms with Crippen LogP contribution in [0.2, 0.25) is 0 Å². The number of aliphatic hydroxyl groups is 1. The van der Waals surface area contributed by atoms with E-state index >= 15 is 0 Å². The van der Waals surface area contributed by atoms with Gasteiger partial charge in [-0.2, -0.15) is 0 Å². The third-order valence-electron chi connectivity index (χ3n) is 3.46. The number of hydrogen-bond donors (Lipinski definition) is 3. The lowest BCUT2D eigenvalue weighted by Crippen LogP contribution is -2.32. The molecule has 5 nitrogen and oxygen atoms in total. The molecule has 0 heterocycles. The molecular weight excluding hydrogens is 268 g/mol. The van der Waals surface area contributed by atoms with Crippen LogP contribution in [-0.4, -0.2) is 49.5 Å². The van der Waals surface area contributed by atoms with Crippen LogP contribution in [0.5, 0.6) is 0 Å². The molecule has 1 aliphatic rings. The molecule has 0 aliphatic heterocycles. The standard InChI is InChI=1S/C16H32N2O3/c1-13(2)5-4-10-21-12-15(19)11-17-9-3-6-16(20)18-14-7-8-14/h13-15,17,19H,3-12H2,1-2H3,(H,18,20). The number of carbonyl (C=O) groups excluding carboxylic acids is 1. The minimum atomic E-state index is -0.468. The van der Waals surface area contributed by atoms with Crippen LogP contribution in [0.1, 0.15) is 52.4 Å². The Morgan fingerprint density at radius 2 is 2.10 bits per heavy atom. The monoisotopic (exact) mass is 300 g/mol. The molecule has 0 radical (unpaired) electrons. The van der Waals surface area contributed by atoms with Crippen molar-refractivity contribution in [1.29, 1.82) is 0 Å². The van der Waals surface area contributed by atoms with E-state index in [9.17, 15) is 9.90 Å². The lowest BCUT2D eigenvalue weighted by atomic mass is 10.1. The Balaban J connectivity index is 1.81. The summed E-state index contributed by atoms with van der Waals surface area (Å²) in [7, 11) is 0. The molecule has 1 unspecified atom stereocenters. The second-order valence-electron chi connectivity index (χ2n) is 6.41. The van der Waals surface area contributed by atoms with Gasteiger partial charge in [0.2, 0.25) is 5.91 Å². The Bertz CT molecular complexity index is 281. The minimum absolute atomic E-state index is 0.147. The fourth-order valence-corrected chi connectivity index (χ4v) is 2.04. The van der Waals surface area contributed by atoms with E-state index in [1.165, 1.54) is 0 Å². The maximum Gasteiger partial charge on any atom is 0.220 e. The number of rotatable bonds is 13. The lowest BCUT2D eigenvalue weighted by Gasteiger charge is -2.12. The molecule has 0 aromatic carbocycles. The molecule has 1 amide bonds. The molecule has 3 N–H and O–H groups in total. The van der Waals surface area contributed by atoms with E-state index < -0.39 is 6.10 Å². The molecule has 21 heavy (non-hydrogen) atoms. The van der Waals surface area contributed by atoms with Gasteiger partial charge in [0.15, 0.2) is 0 Å². The highest BCUT2D eigenvalue weighted by molar-refractivity contribution is 5.76. The highest BCUT2D eigenvalue weighted by atomic mass is 16.5. The summed E-state index contributed by atoms with van der Waals surface area (Å²) in [4.78, 5) is 11.4. The smallest absolute Gasteiger partial charge is 0.220 e. The van der Waals surface area contributed by atoms with Crippen molar-refractivity contribution in [2.75, 3.05) is 26.3 Å². The van der Waals surface area contributed by atoms with E-state index in [4.69, 9.17) is 4.74 Å². The SMILES string of the molecule is CC(C)CCCOCC(O)CNCCCC(=O)NC1CC1. The molecule has 1 saturated carbocycles. The fourth-order valence-electron chi connectivity index (χ4n) is 2.04. The first kappa shape index (κ1) is 18.4. The number of amides is 1. The molecule has 1 aliphatic carbocycles. The van der Waals surface area contributed by atoms with Crippen molar-refractivity contribution < 1.29 is 14.6 Å². The highest BCUT2D eigenvalue weighted by Gasteiger charge is 2.22. The van der Waals surface area contributed by atoms with Crippen molar-refractivity contribution in [3.8, 4) is 0 Å². The number of hydrogen-bond acceptors (Lipinski definition) is 4. The lowest BCUT2D eigenvalue weighted by molar-refractivity contribution is -0.121. The van der Waals surface area contributed by atoms with Crippen LogP contribution in [0.3, 0.4) is 0 Å². The van der Waals surface area contributed by atoms with Gasteiger partial charge in [0.25, 0.3) is 0 Å². The van der Waals surface area contributed by atoms with Gasteiger partial charge in [-0.3, -0.25) is 4.79 Å². The summed E-state index contributed by atoms with van der Waals surface area (Å²) in [5.41, 5.74) is 0. The maximum absolute atomic E-state index is 11.4. The third kappa shape index (κ3) is 11.7. The van der Waals surface area contributed by atoms with Crippen LogP contribution in [0.15, 0.2) is 0 Å². The van der Waals surface area contributed by atoms with Crippen molar-refractivity contribution in [1.82, 2.24) is 10.6 Å². The molecule has 0 spiro atoms. The Hall–Kier alpha value is -0.650. The molecular formula is C16H32N2O3. The molecule has 1 rings (SSSR count). The molecule has 5 heteroatoms. The van der Waals surface area contributed by atoms with E-state index in [1.807, 2.05) is 0 Å². The van der Waals surface area contributed by atoms with Gasteiger partial charge >= 0.3 is 0 Å². The summed E-state index contributed by atoms with van der Waals surface area (Å²) >= 11 is 0. The third-order valence-corrected chi connectivity index (χ3v) is 3.46.